The Bertz CT molecular complexity index is 1090. The van der Waals surface area contributed by atoms with E-state index in [-0.39, 0.29) is 11.8 Å². The second-order valence-corrected chi connectivity index (χ2v) is 7.23. The number of amides is 2. The van der Waals surface area contributed by atoms with Crippen molar-refractivity contribution in [1.82, 2.24) is 9.78 Å². The lowest BCUT2D eigenvalue weighted by Gasteiger charge is -2.13. The van der Waals surface area contributed by atoms with Crippen LogP contribution in [-0.2, 0) is 9.59 Å². The molecule has 164 valence electrons. The topological polar surface area (TPSA) is 109 Å². The van der Waals surface area contributed by atoms with Crippen LogP contribution in [0.4, 0.5) is 11.4 Å². The molecule has 0 saturated carbocycles. The Morgan fingerprint density at radius 3 is 2.62 bits per heavy atom. The number of aromatic nitrogens is 2. The summed E-state index contributed by atoms with van der Waals surface area (Å²) in [6.45, 7) is 2.23. The molecule has 1 aromatic heterocycles. The van der Waals surface area contributed by atoms with Gasteiger partial charge in [-0.25, -0.2) is 0 Å². The first-order valence-electron chi connectivity index (χ1n) is 10.4. The number of hydrogen-bond donors (Lipinski definition) is 2. The predicted octanol–water partition coefficient (Wildman–Crippen LogP) is 4.14. The summed E-state index contributed by atoms with van der Waals surface area (Å²) in [5, 5.41) is 18.7. The Labute approximate surface area is 186 Å². The van der Waals surface area contributed by atoms with E-state index in [2.05, 4.69) is 21.8 Å². The average Bonchev–Trinajstić information content (AvgIpc) is 3.33. The van der Waals surface area contributed by atoms with Crippen LogP contribution in [0.2, 0.25) is 0 Å². The number of anilines is 2. The Hall–Kier alpha value is -4.12. The lowest BCUT2D eigenvalue weighted by atomic mass is 10.2. The number of nitrogens with zero attached hydrogens (tertiary/aromatic N) is 3. The van der Waals surface area contributed by atoms with E-state index in [1.54, 1.807) is 78.6 Å². The fraction of sp³-hybridized carbons (Fsp3) is 0.250. The summed E-state index contributed by atoms with van der Waals surface area (Å²) >= 11 is 0. The van der Waals surface area contributed by atoms with Crippen molar-refractivity contribution in [2.75, 3.05) is 17.2 Å². The Morgan fingerprint density at radius 1 is 1.09 bits per heavy atom. The molecule has 0 fully saturated rings. The van der Waals surface area contributed by atoms with Gasteiger partial charge in [-0.05, 0) is 62.2 Å². The highest BCUT2D eigenvalue weighted by Gasteiger charge is 2.15. The van der Waals surface area contributed by atoms with Crippen molar-refractivity contribution >= 4 is 23.2 Å². The van der Waals surface area contributed by atoms with Crippen molar-refractivity contribution in [3.05, 3.63) is 72.6 Å². The number of nitrogens with one attached hydrogen (secondary N) is 2. The molecule has 2 amide bonds. The third kappa shape index (κ3) is 6.71. The first-order chi connectivity index (χ1) is 15.5. The molecule has 0 saturated heterocycles. The normalized spacial score (nSPS) is 11.2. The highest BCUT2D eigenvalue weighted by Crippen LogP contribution is 2.18. The summed E-state index contributed by atoms with van der Waals surface area (Å²) in [6.07, 6.45) is 5.09. The van der Waals surface area contributed by atoms with Crippen LogP contribution >= 0.6 is 0 Å². The fourth-order valence-corrected chi connectivity index (χ4v) is 3.01. The molecule has 1 heterocycles. The van der Waals surface area contributed by atoms with E-state index < -0.39 is 6.04 Å². The smallest absolute Gasteiger partial charge is 0.248 e. The van der Waals surface area contributed by atoms with Crippen molar-refractivity contribution in [3.8, 4) is 11.8 Å². The third-order valence-corrected chi connectivity index (χ3v) is 4.75. The zero-order valence-electron chi connectivity index (χ0n) is 17.8. The zero-order valence-corrected chi connectivity index (χ0v) is 17.8. The van der Waals surface area contributed by atoms with Crippen LogP contribution < -0.4 is 15.4 Å². The third-order valence-electron chi connectivity index (χ3n) is 4.75. The molecule has 1 unspecified atom stereocenters. The van der Waals surface area contributed by atoms with Gasteiger partial charge >= 0.3 is 0 Å². The van der Waals surface area contributed by atoms with E-state index in [0.29, 0.717) is 48.6 Å². The summed E-state index contributed by atoms with van der Waals surface area (Å²) in [4.78, 5) is 24.6. The van der Waals surface area contributed by atoms with Gasteiger partial charge in [0.1, 0.15) is 11.8 Å². The van der Waals surface area contributed by atoms with Crippen molar-refractivity contribution in [1.29, 1.82) is 5.26 Å². The molecule has 0 aliphatic carbocycles. The number of unbranched alkanes of at least 4 members (excludes halogenated alkanes) is 1. The molecule has 2 aromatic carbocycles. The molecule has 1 atom stereocenters. The molecule has 0 aliphatic rings. The maximum Gasteiger partial charge on any atom is 0.248 e. The number of hydrogen-bond acceptors (Lipinski definition) is 5. The molecular formula is C24H25N5O3. The molecule has 0 bridgehead atoms. The van der Waals surface area contributed by atoms with Crippen LogP contribution in [0.1, 0.15) is 37.8 Å². The van der Waals surface area contributed by atoms with Gasteiger partial charge in [0, 0.05) is 30.2 Å². The number of benzene rings is 2. The molecule has 2 N–H and O–H groups in total. The SMILES string of the molecule is CC(C(=O)Nc1cccc(NC(=O)CCCCOc2cccc(C#N)c2)c1)n1cccn1. The summed E-state index contributed by atoms with van der Waals surface area (Å²) in [5.74, 6) is 0.344. The Morgan fingerprint density at radius 2 is 1.88 bits per heavy atom. The largest absolute Gasteiger partial charge is 0.494 e. The summed E-state index contributed by atoms with van der Waals surface area (Å²) in [6, 6.07) is 17.4. The average molecular weight is 431 g/mol. The summed E-state index contributed by atoms with van der Waals surface area (Å²) in [5.41, 5.74) is 1.76. The van der Waals surface area contributed by atoms with Crippen LogP contribution in [0.15, 0.2) is 67.0 Å². The van der Waals surface area contributed by atoms with Crippen molar-refractivity contribution in [2.24, 2.45) is 0 Å². The van der Waals surface area contributed by atoms with E-state index in [4.69, 9.17) is 10.00 Å². The number of carbonyl (C=O) groups is 2. The maximum absolute atomic E-state index is 12.4. The van der Waals surface area contributed by atoms with Gasteiger partial charge in [0.2, 0.25) is 11.8 Å². The molecule has 32 heavy (non-hydrogen) atoms. The molecule has 0 radical (unpaired) electrons. The summed E-state index contributed by atoms with van der Waals surface area (Å²) in [7, 11) is 0. The first kappa shape index (κ1) is 22.6. The van der Waals surface area contributed by atoms with Crippen LogP contribution in [-0.4, -0.2) is 28.2 Å². The Kier molecular flexibility index (Phi) is 7.98. The molecule has 8 nitrogen and oxygen atoms in total. The Balaban J connectivity index is 1.40. The van der Waals surface area contributed by atoms with E-state index in [1.807, 2.05) is 0 Å². The van der Waals surface area contributed by atoms with Crippen LogP contribution in [0.5, 0.6) is 5.75 Å². The number of rotatable bonds is 10. The van der Waals surface area contributed by atoms with Gasteiger partial charge in [-0.1, -0.05) is 12.1 Å². The first-order valence-corrected chi connectivity index (χ1v) is 10.4. The van der Waals surface area contributed by atoms with Gasteiger partial charge in [0.05, 0.1) is 18.2 Å². The van der Waals surface area contributed by atoms with Gasteiger partial charge in [-0.2, -0.15) is 10.4 Å². The number of carbonyl (C=O) groups excluding carboxylic acids is 2. The second kappa shape index (κ2) is 11.3. The van der Waals surface area contributed by atoms with Crippen LogP contribution in [0.25, 0.3) is 0 Å². The van der Waals surface area contributed by atoms with E-state index in [1.165, 1.54) is 0 Å². The molecule has 8 heteroatoms. The monoisotopic (exact) mass is 431 g/mol. The molecule has 0 aliphatic heterocycles. The predicted molar refractivity (Wildman–Crippen MR) is 121 cm³/mol. The lowest BCUT2D eigenvalue weighted by molar-refractivity contribution is -0.119. The molecule has 3 rings (SSSR count). The van der Waals surface area contributed by atoms with Gasteiger partial charge in [-0.3, -0.25) is 14.3 Å². The fourth-order valence-electron chi connectivity index (χ4n) is 3.01. The minimum absolute atomic E-state index is 0.107. The summed E-state index contributed by atoms with van der Waals surface area (Å²) < 4.78 is 7.19. The number of ether oxygens (including phenoxy) is 1. The minimum Gasteiger partial charge on any atom is -0.494 e. The molecular weight excluding hydrogens is 406 g/mol. The quantitative estimate of drug-likeness (QED) is 0.469. The van der Waals surface area contributed by atoms with Gasteiger partial charge < -0.3 is 15.4 Å². The van der Waals surface area contributed by atoms with Gasteiger partial charge in [0.15, 0.2) is 0 Å². The van der Waals surface area contributed by atoms with Crippen LogP contribution in [0, 0.1) is 11.3 Å². The van der Waals surface area contributed by atoms with Gasteiger partial charge in [0.25, 0.3) is 0 Å². The maximum atomic E-state index is 12.4. The standard InChI is InChI=1S/C24H25N5O3/c1-18(29-13-6-12-26-29)24(31)28-21-9-5-8-20(16-21)27-23(30)11-2-3-14-32-22-10-4-7-19(15-22)17-25/h4-10,12-13,15-16,18H,2-3,11,14H2,1H3,(H,27,30)(H,28,31). The van der Waals surface area contributed by atoms with E-state index >= 15 is 0 Å². The highest BCUT2D eigenvalue weighted by atomic mass is 16.5. The lowest BCUT2D eigenvalue weighted by Crippen LogP contribution is -2.24. The van der Waals surface area contributed by atoms with Crippen molar-refractivity contribution in [2.45, 2.75) is 32.2 Å². The van der Waals surface area contributed by atoms with Crippen molar-refractivity contribution in [3.63, 3.8) is 0 Å². The molecule has 3 aromatic rings. The highest BCUT2D eigenvalue weighted by molar-refractivity contribution is 5.95. The van der Waals surface area contributed by atoms with E-state index in [0.717, 1.165) is 0 Å². The molecule has 0 spiro atoms. The van der Waals surface area contributed by atoms with E-state index in [9.17, 15) is 9.59 Å². The zero-order chi connectivity index (χ0) is 22.8. The van der Waals surface area contributed by atoms with Gasteiger partial charge in [-0.15, -0.1) is 0 Å². The number of nitriles is 1. The minimum atomic E-state index is -0.451. The van der Waals surface area contributed by atoms with Crippen LogP contribution in [0.3, 0.4) is 0 Å². The van der Waals surface area contributed by atoms with Crippen molar-refractivity contribution < 1.29 is 14.3 Å². The second-order valence-electron chi connectivity index (χ2n) is 7.23.